The van der Waals surface area contributed by atoms with Crippen LogP contribution in [0.25, 0.3) is 0 Å². The number of aliphatic carboxylic acids is 1. The number of halogens is 3. The Morgan fingerprint density at radius 3 is 2.44 bits per heavy atom. The number of carboxylic acids is 1. The van der Waals surface area contributed by atoms with E-state index in [9.17, 15) is 22.8 Å². The van der Waals surface area contributed by atoms with Crippen molar-refractivity contribution in [3.8, 4) is 0 Å². The molecule has 0 heterocycles. The van der Waals surface area contributed by atoms with Gasteiger partial charge in [-0.05, 0) is 19.8 Å². The summed E-state index contributed by atoms with van der Waals surface area (Å²) in [4.78, 5) is 21.6. The molecule has 16 heavy (non-hydrogen) atoms. The van der Waals surface area contributed by atoms with Gasteiger partial charge in [0.15, 0.2) is 0 Å². The van der Waals surface area contributed by atoms with Crippen molar-refractivity contribution in [2.24, 2.45) is 5.41 Å². The minimum atomic E-state index is -4.97. The molecule has 1 fully saturated rings. The SMILES string of the molecule is C[C@]1(C(=O)O)CCC[C@@H]1NC(=O)C(F)(F)F. The van der Waals surface area contributed by atoms with Gasteiger partial charge in [-0.1, -0.05) is 6.42 Å². The molecule has 7 heteroatoms. The lowest BCUT2D eigenvalue weighted by Gasteiger charge is -2.27. The van der Waals surface area contributed by atoms with E-state index in [-0.39, 0.29) is 12.8 Å². The molecule has 0 aromatic rings. The Morgan fingerprint density at radius 1 is 1.44 bits per heavy atom. The normalized spacial score (nSPS) is 30.1. The fourth-order valence-electron chi connectivity index (χ4n) is 1.89. The zero-order valence-electron chi connectivity index (χ0n) is 8.60. The van der Waals surface area contributed by atoms with Crippen LogP contribution in [0.3, 0.4) is 0 Å². The number of nitrogens with one attached hydrogen (secondary N) is 1. The smallest absolute Gasteiger partial charge is 0.471 e. The predicted molar refractivity (Wildman–Crippen MR) is 47.6 cm³/mol. The van der Waals surface area contributed by atoms with Gasteiger partial charge in [0.25, 0.3) is 0 Å². The fourth-order valence-corrected chi connectivity index (χ4v) is 1.89. The number of alkyl halides is 3. The van der Waals surface area contributed by atoms with Crippen LogP contribution in [0.15, 0.2) is 0 Å². The first-order valence-electron chi connectivity index (χ1n) is 4.79. The average molecular weight is 239 g/mol. The van der Waals surface area contributed by atoms with E-state index in [4.69, 9.17) is 5.11 Å². The Kier molecular flexibility index (Phi) is 3.16. The summed E-state index contributed by atoms with van der Waals surface area (Å²) in [6.07, 6.45) is -3.95. The van der Waals surface area contributed by atoms with Crippen molar-refractivity contribution in [3.63, 3.8) is 0 Å². The quantitative estimate of drug-likeness (QED) is 0.763. The van der Waals surface area contributed by atoms with Crippen LogP contribution >= 0.6 is 0 Å². The summed E-state index contributed by atoms with van der Waals surface area (Å²) in [5, 5.41) is 10.7. The molecule has 0 aliphatic heterocycles. The number of amides is 1. The second-order valence-corrected chi connectivity index (χ2v) is 4.14. The molecule has 0 unspecified atom stereocenters. The van der Waals surface area contributed by atoms with Crippen molar-refractivity contribution in [2.75, 3.05) is 0 Å². The Bertz CT molecular complexity index is 316. The number of hydrogen-bond acceptors (Lipinski definition) is 2. The summed E-state index contributed by atoms with van der Waals surface area (Å²) in [5.74, 6) is -3.26. The van der Waals surface area contributed by atoms with Gasteiger partial charge in [0.05, 0.1) is 5.41 Å². The predicted octanol–water partition coefficient (Wildman–Crippen LogP) is 1.31. The molecule has 1 aliphatic rings. The zero-order valence-corrected chi connectivity index (χ0v) is 8.60. The van der Waals surface area contributed by atoms with Crippen LogP contribution in [0.1, 0.15) is 26.2 Å². The minimum absolute atomic E-state index is 0.255. The highest BCUT2D eigenvalue weighted by Crippen LogP contribution is 2.38. The van der Waals surface area contributed by atoms with Crippen LogP contribution in [0.5, 0.6) is 0 Å². The summed E-state index contributed by atoms with van der Waals surface area (Å²) in [7, 11) is 0. The molecule has 1 amide bonds. The van der Waals surface area contributed by atoms with Crippen LogP contribution < -0.4 is 5.32 Å². The third-order valence-electron chi connectivity index (χ3n) is 3.01. The molecule has 2 N–H and O–H groups in total. The Balaban J connectivity index is 2.75. The first-order valence-corrected chi connectivity index (χ1v) is 4.79. The number of carboxylic acid groups (broad SMARTS) is 1. The van der Waals surface area contributed by atoms with E-state index in [1.54, 1.807) is 5.32 Å². The summed E-state index contributed by atoms with van der Waals surface area (Å²) < 4.78 is 36.0. The maximum Gasteiger partial charge on any atom is 0.471 e. The highest BCUT2D eigenvalue weighted by molar-refractivity contribution is 5.83. The lowest BCUT2D eigenvalue weighted by atomic mass is 9.85. The van der Waals surface area contributed by atoms with E-state index in [0.717, 1.165) is 0 Å². The molecule has 1 saturated carbocycles. The van der Waals surface area contributed by atoms with E-state index in [0.29, 0.717) is 6.42 Å². The first-order chi connectivity index (χ1) is 7.18. The van der Waals surface area contributed by atoms with Gasteiger partial charge in [0, 0.05) is 6.04 Å². The van der Waals surface area contributed by atoms with Crippen LogP contribution in [0, 0.1) is 5.41 Å². The van der Waals surface area contributed by atoms with E-state index < -0.39 is 29.5 Å². The van der Waals surface area contributed by atoms with Crippen LogP contribution in [0.2, 0.25) is 0 Å². The largest absolute Gasteiger partial charge is 0.481 e. The molecule has 1 aliphatic carbocycles. The van der Waals surface area contributed by atoms with Gasteiger partial charge in [-0.15, -0.1) is 0 Å². The molecule has 1 rings (SSSR count). The molecular formula is C9H12F3NO3. The van der Waals surface area contributed by atoms with Crippen molar-refractivity contribution in [2.45, 2.75) is 38.4 Å². The van der Waals surface area contributed by atoms with Gasteiger partial charge in [0.2, 0.25) is 0 Å². The van der Waals surface area contributed by atoms with Gasteiger partial charge in [-0.2, -0.15) is 13.2 Å². The first kappa shape index (κ1) is 12.8. The number of carbonyl (C=O) groups is 2. The zero-order chi connectivity index (χ0) is 12.6. The maximum absolute atomic E-state index is 12.0. The topological polar surface area (TPSA) is 66.4 Å². The van der Waals surface area contributed by atoms with Crippen molar-refractivity contribution < 1.29 is 27.9 Å². The maximum atomic E-state index is 12.0. The van der Waals surface area contributed by atoms with Crippen LogP contribution in [-0.2, 0) is 9.59 Å². The van der Waals surface area contributed by atoms with E-state index >= 15 is 0 Å². The lowest BCUT2D eigenvalue weighted by Crippen LogP contribution is -2.50. The second-order valence-electron chi connectivity index (χ2n) is 4.14. The van der Waals surface area contributed by atoms with E-state index in [1.165, 1.54) is 6.92 Å². The Hall–Kier alpha value is -1.27. The van der Waals surface area contributed by atoms with Crippen molar-refractivity contribution >= 4 is 11.9 Å². The van der Waals surface area contributed by atoms with Gasteiger partial charge in [-0.3, -0.25) is 9.59 Å². The van der Waals surface area contributed by atoms with Crippen molar-refractivity contribution in [1.82, 2.24) is 5.32 Å². The molecule has 0 aromatic heterocycles. The number of carbonyl (C=O) groups excluding carboxylic acids is 1. The molecule has 4 nitrogen and oxygen atoms in total. The Labute approximate surface area is 89.8 Å². The molecule has 0 spiro atoms. The summed E-state index contributed by atoms with van der Waals surface area (Å²) in [5.41, 5.74) is -1.30. The molecule has 0 radical (unpaired) electrons. The number of hydrogen-bond donors (Lipinski definition) is 2. The minimum Gasteiger partial charge on any atom is -0.481 e. The Morgan fingerprint density at radius 2 is 2.00 bits per heavy atom. The van der Waals surface area contributed by atoms with E-state index in [2.05, 4.69) is 0 Å². The molecular weight excluding hydrogens is 227 g/mol. The molecule has 92 valence electrons. The van der Waals surface area contributed by atoms with Gasteiger partial charge >= 0.3 is 18.1 Å². The third-order valence-corrected chi connectivity index (χ3v) is 3.01. The van der Waals surface area contributed by atoms with Gasteiger partial charge in [0.1, 0.15) is 0 Å². The third kappa shape index (κ3) is 2.28. The average Bonchev–Trinajstić information content (AvgIpc) is 2.47. The highest BCUT2D eigenvalue weighted by Gasteiger charge is 2.49. The summed E-state index contributed by atoms with van der Waals surface area (Å²) in [6.45, 7) is 1.35. The van der Waals surface area contributed by atoms with Gasteiger partial charge < -0.3 is 10.4 Å². The molecule has 0 bridgehead atoms. The standard InChI is InChI=1S/C9H12F3NO3/c1-8(7(15)16)4-2-3-5(8)13-6(14)9(10,11)12/h5H,2-4H2,1H3,(H,13,14)(H,15,16)/t5-,8-/m0/s1. The van der Waals surface area contributed by atoms with Crippen molar-refractivity contribution in [3.05, 3.63) is 0 Å². The fraction of sp³-hybridized carbons (Fsp3) is 0.778. The number of rotatable bonds is 2. The van der Waals surface area contributed by atoms with E-state index in [1.807, 2.05) is 0 Å². The molecule has 0 aromatic carbocycles. The second kappa shape index (κ2) is 3.95. The van der Waals surface area contributed by atoms with Gasteiger partial charge in [-0.25, -0.2) is 0 Å². The monoisotopic (exact) mass is 239 g/mol. The van der Waals surface area contributed by atoms with Crippen LogP contribution in [-0.4, -0.2) is 29.2 Å². The summed E-state index contributed by atoms with van der Waals surface area (Å²) >= 11 is 0. The lowest BCUT2D eigenvalue weighted by molar-refractivity contribution is -0.175. The molecule has 2 atom stereocenters. The molecule has 0 saturated heterocycles. The summed E-state index contributed by atoms with van der Waals surface area (Å²) in [6, 6.07) is -0.959. The van der Waals surface area contributed by atoms with Crippen molar-refractivity contribution in [1.29, 1.82) is 0 Å². The van der Waals surface area contributed by atoms with Crippen LogP contribution in [0.4, 0.5) is 13.2 Å². The highest BCUT2D eigenvalue weighted by atomic mass is 19.4.